The summed E-state index contributed by atoms with van der Waals surface area (Å²) in [6.07, 6.45) is 1.87. The van der Waals surface area contributed by atoms with Crippen molar-refractivity contribution in [2.45, 2.75) is 18.9 Å². The van der Waals surface area contributed by atoms with E-state index in [1.807, 2.05) is 0 Å². The Hall–Kier alpha value is -0.940. The molecule has 1 aliphatic heterocycles. The van der Waals surface area contributed by atoms with Crippen LogP contribution in [0.3, 0.4) is 0 Å². The lowest BCUT2D eigenvalue weighted by atomic mass is 10.2. The van der Waals surface area contributed by atoms with E-state index in [-0.39, 0.29) is 17.8 Å². The third kappa shape index (κ3) is 2.59. The highest BCUT2D eigenvalue weighted by Gasteiger charge is 2.22. The number of rotatable bonds is 2. The van der Waals surface area contributed by atoms with E-state index in [0.717, 1.165) is 19.4 Å². The molecule has 0 aliphatic carbocycles. The molecule has 2 N–H and O–H groups in total. The van der Waals surface area contributed by atoms with Crippen LogP contribution in [0, 0.1) is 5.82 Å². The molecule has 0 aromatic heterocycles. The first kappa shape index (κ1) is 11.5. The molecule has 1 amide bonds. The monoisotopic (exact) mass is 286 g/mol. The zero-order chi connectivity index (χ0) is 11.5. The minimum atomic E-state index is -0.330. The Morgan fingerprint density at radius 1 is 1.56 bits per heavy atom. The molecular formula is C11H12BrFN2O. The van der Waals surface area contributed by atoms with Crippen molar-refractivity contribution in [3.8, 4) is 0 Å². The molecular weight excluding hydrogens is 275 g/mol. The normalized spacial score (nSPS) is 19.8. The second-order valence-corrected chi connectivity index (χ2v) is 4.62. The van der Waals surface area contributed by atoms with Crippen LogP contribution in [0.5, 0.6) is 0 Å². The zero-order valence-corrected chi connectivity index (χ0v) is 10.2. The number of carbonyl (C=O) groups excluding carboxylic acids is 1. The number of carbonyl (C=O) groups is 1. The van der Waals surface area contributed by atoms with Gasteiger partial charge in [0, 0.05) is 4.47 Å². The van der Waals surface area contributed by atoms with Crippen LogP contribution in [-0.4, -0.2) is 18.5 Å². The van der Waals surface area contributed by atoms with Crippen molar-refractivity contribution in [2.24, 2.45) is 0 Å². The van der Waals surface area contributed by atoms with Gasteiger partial charge in [-0.15, -0.1) is 0 Å². The summed E-state index contributed by atoms with van der Waals surface area (Å²) >= 11 is 3.21. The Balaban J connectivity index is 2.05. The van der Waals surface area contributed by atoms with E-state index >= 15 is 0 Å². The SMILES string of the molecule is O=C(Nc1ccc(F)cc1Br)[C@H]1CCCN1. The molecule has 1 fully saturated rings. The van der Waals surface area contributed by atoms with Crippen molar-refractivity contribution in [2.75, 3.05) is 11.9 Å². The maximum Gasteiger partial charge on any atom is 0.241 e. The van der Waals surface area contributed by atoms with Crippen molar-refractivity contribution in [1.82, 2.24) is 5.32 Å². The van der Waals surface area contributed by atoms with Crippen molar-refractivity contribution in [3.63, 3.8) is 0 Å². The molecule has 5 heteroatoms. The molecule has 0 unspecified atom stereocenters. The van der Waals surface area contributed by atoms with E-state index in [1.54, 1.807) is 6.07 Å². The highest BCUT2D eigenvalue weighted by molar-refractivity contribution is 9.10. The Labute approximate surface area is 102 Å². The summed E-state index contributed by atoms with van der Waals surface area (Å²) in [5.41, 5.74) is 0.597. The first-order valence-electron chi connectivity index (χ1n) is 5.16. The fourth-order valence-corrected chi connectivity index (χ4v) is 2.17. The van der Waals surface area contributed by atoms with E-state index in [9.17, 15) is 9.18 Å². The van der Waals surface area contributed by atoms with Gasteiger partial charge in [-0.2, -0.15) is 0 Å². The first-order chi connectivity index (χ1) is 7.66. The number of hydrogen-bond donors (Lipinski definition) is 2. The highest BCUT2D eigenvalue weighted by atomic mass is 79.9. The fourth-order valence-electron chi connectivity index (χ4n) is 1.72. The third-order valence-corrected chi connectivity index (χ3v) is 3.22. The van der Waals surface area contributed by atoms with Crippen LogP contribution in [-0.2, 0) is 4.79 Å². The van der Waals surface area contributed by atoms with Crippen molar-refractivity contribution in [3.05, 3.63) is 28.5 Å². The summed E-state index contributed by atoms with van der Waals surface area (Å²) in [5, 5.41) is 5.87. The summed E-state index contributed by atoms with van der Waals surface area (Å²) in [6.45, 7) is 0.878. The average molecular weight is 287 g/mol. The number of anilines is 1. The molecule has 1 aromatic carbocycles. The largest absolute Gasteiger partial charge is 0.324 e. The minimum Gasteiger partial charge on any atom is -0.324 e. The molecule has 3 nitrogen and oxygen atoms in total. The standard InChI is InChI=1S/C11H12BrFN2O/c12-8-6-7(13)3-4-9(8)15-11(16)10-2-1-5-14-10/h3-4,6,10,14H,1-2,5H2,(H,15,16)/t10-/m1/s1. The van der Waals surface area contributed by atoms with Crippen molar-refractivity contribution in [1.29, 1.82) is 0 Å². The van der Waals surface area contributed by atoms with Gasteiger partial charge in [-0.3, -0.25) is 4.79 Å². The Bertz CT molecular complexity index is 405. The van der Waals surface area contributed by atoms with Crippen molar-refractivity contribution >= 4 is 27.5 Å². The van der Waals surface area contributed by atoms with E-state index in [1.165, 1.54) is 12.1 Å². The highest BCUT2D eigenvalue weighted by Crippen LogP contribution is 2.23. The van der Waals surface area contributed by atoms with Crippen LogP contribution < -0.4 is 10.6 Å². The molecule has 86 valence electrons. The number of amides is 1. The summed E-state index contributed by atoms with van der Waals surface area (Å²) in [6, 6.07) is 4.07. The molecule has 0 spiro atoms. The van der Waals surface area contributed by atoms with Gasteiger partial charge < -0.3 is 10.6 Å². The molecule has 1 atom stereocenters. The fraction of sp³-hybridized carbons (Fsp3) is 0.364. The van der Waals surface area contributed by atoms with Crippen LogP contribution in [0.4, 0.5) is 10.1 Å². The van der Waals surface area contributed by atoms with Gasteiger partial charge in [0.25, 0.3) is 0 Å². The van der Waals surface area contributed by atoms with E-state index in [4.69, 9.17) is 0 Å². The Morgan fingerprint density at radius 3 is 3.00 bits per heavy atom. The van der Waals surface area contributed by atoms with Gasteiger partial charge >= 0.3 is 0 Å². The maximum absolute atomic E-state index is 12.8. The number of benzene rings is 1. The van der Waals surface area contributed by atoms with Crippen LogP contribution in [0.15, 0.2) is 22.7 Å². The quantitative estimate of drug-likeness (QED) is 0.876. The molecule has 0 radical (unpaired) electrons. The van der Waals surface area contributed by atoms with Gasteiger partial charge in [0.1, 0.15) is 5.82 Å². The van der Waals surface area contributed by atoms with Crippen molar-refractivity contribution < 1.29 is 9.18 Å². The molecule has 1 aromatic rings. The summed E-state index contributed by atoms with van der Waals surface area (Å²) < 4.78 is 13.4. The lowest BCUT2D eigenvalue weighted by molar-refractivity contribution is -0.117. The van der Waals surface area contributed by atoms with Crippen LogP contribution in [0.25, 0.3) is 0 Å². The lowest BCUT2D eigenvalue weighted by Crippen LogP contribution is -2.35. The van der Waals surface area contributed by atoms with Gasteiger partial charge in [0.2, 0.25) is 5.91 Å². The number of nitrogens with one attached hydrogen (secondary N) is 2. The van der Waals surface area contributed by atoms with Gasteiger partial charge in [0.15, 0.2) is 0 Å². The first-order valence-corrected chi connectivity index (χ1v) is 5.95. The third-order valence-electron chi connectivity index (χ3n) is 2.57. The molecule has 1 heterocycles. The molecule has 0 bridgehead atoms. The molecule has 1 saturated heterocycles. The molecule has 0 saturated carbocycles. The maximum atomic E-state index is 12.8. The second kappa shape index (κ2) is 4.93. The smallest absolute Gasteiger partial charge is 0.241 e. The van der Waals surface area contributed by atoms with Gasteiger partial charge in [-0.1, -0.05) is 0 Å². The Morgan fingerprint density at radius 2 is 2.38 bits per heavy atom. The zero-order valence-electron chi connectivity index (χ0n) is 8.59. The topological polar surface area (TPSA) is 41.1 Å². The molecule has 16 heavy (non-hydrogen) atoms. The van der Waals surface area contributed by atoms with Gasteiger partial charge in [0.05, 0.1) is 11.7 Å². The second-order valence-electron chi connectivity index (χ2n) is 3.76. The predicted molar refractivity (Wildman–Crippen MR) is 63.8 cm³/mol. The summed E-state index contributed by atoms with van der Waals surface area (Å²) in [4.78, 5) is 11.8. The van der Waals surface area contributed by atoms with Crippen LogP contribution in [0.1, 0.15) is 12.8 Å². The average Bonchev–Trinajstić information content (AvgIpc) is 2.75. The molecule has 1 aliphatic rings. The van der Waals surface area contributed by atoms with E-state index in [0.29, 0.717) is 10.2 Å². The van der Waals surface area contributed by atoms with Gasteiger partial charge in [-0.05, 0) is 53.5 Å². The van der Waals surface area contributed by atoms with Crippen LogP contribution in [0.2, 0.25) is 0 Å². The Kier molecular flexibility index (Phi) is 3.56. The van der Waals surface area contributed by atoms with E-state index in [2.05, 4.69) is 26.6 Å². The van der Waals surface area contributed by atoms with Crippen LogP contribution >= 0.6 is 15.9 Å². The predicted octanol–water partition coefficient (Wildman–Crippen LogP) is 2.28. The van der Waals surface area contributed by atoms with E-state index < -0.39 is 0 Å². The molecule has 2 rings (SSSR count). The number of halogens is 2. The minimum absolute atomic E-state index is 0.0650. The number of hydrogen-bond acceptors (Lipinski definition) is 2. The van der Waals surface area contributed by atoms with Gasteiger partial charge in [-0.25, -0.2) is 4.39 Å². The summed E-state index contributed by atoms with van der Waals surface area (Å²) in [5.74, 6) is -0.395. The summed E-state index contributed by atoms with van der Waals surface area (Å²) in [7, 11) is 0. The lowest BCUT2D eigenvalue weighted by Gasteiger charge is -2.12.